The van der Waals surface area contributed by atoms with E-state index in [1.807, 2.05) is 48.5 Å². The SMILES string of the molecule is COc1ccc2c(c1)/C(=C\c1cccc(Br)c1)C(=O)N2. The van der Waals surface area contributed by atoms with E-state index in [4.69, 9.17) is 4.74 Å². The smallest absolute Gasteiger partial charge is 0.256 e. The summed E-state index contributed by atoms with van der Waals surface area (Å²) in [5.41, 5.74) is 3.31. The number of nitrogens with one attached hydrogen (secondary N) is 1. The Labute approximate surface area is 125 Å². The number of anilines is 1. The van der Waals surface area contributed by atoms with Crippen LogP contribution in [0.3, 0.4) is 0 Å². The van der Waals surface area contributed by atoms with Crippen LogP contribution in [0.4, 0.5) is 5.69 Å². The number of benzene rings is 2. The van der Waals surface area contributed by atoms with E-state index >= 15 is 0 Å². The lowest BCUT2D eigenvalue weighted by molar-refractivity contribution is -0.110. The molecule has 0 atom stereocenters. The Balaban J connectivity index is 2.09. The average Bonchev–Trinajstić information content (AvgIpc) is 2.74. The number of ether oxygens (including phenoxy) is 1. The fraction of sp³-hybridized carbons (Fsp3) is 0.0625. The molecule has 20 heavy (non-hydrogen) atoms. The number of amides is 1. The highest BCUT2D eigenvalue weighted by molar-refractivity contribution is 9.10. The highest BCUT2D eigenvalue weighted by Crippen LogP contribution is 2.35. The summed E-state index contributed by atoms with van der Waals surface area (Å²) in [5.74, 6) is 0.647. The Kier molecular flexibility index (Phi) is 3.32. The first-order chi connectivity index (χ1) is 9.67. The van der Waals surface area contributed by atoms with E-state index in [9.17, 15) is 4.79 Å². The molecule has 0 aliphatic carbocycles. The van der Waals surface area contributed by atoms with Gasteiger partial charge in [0.05, 0.1) is 7.11 Å². The molecule has 0 aromatic heterocycles. The van der Waals surface area contributed by atoms with Crippen molar-refractivity contribution in [1.82, 2.24) is 0 Å². The van der Waals surface area contributed by atoms with Gasteiger partial charge in [0.1, 0.15) is 5.75 Å². The maximum atomic E-state index is 12.1. The molecule has 0 radical (unpaired) electrons. The minimum absolute atomic E-state index is 0.0896. The molecule has 0 saturated carbocycles. The average molecular weight is 330 g/mol. The summed E-state index contributed by atoms with van der Waals surface area (Å²) in [7, 11) is 1.61. The Hall–Kier alpha value is -2.07. The summed E-state index contributed by atoms with van der Waals surface area (Å²) < 4.78 is 6.20. The summed E-state index contributed by atoms with van der Waals surface area (Å²) in [5, 5.41) is 2.86. The molecule has 4 heteroatoms. The number of rotatable bonds is 2. The zero-order chi connectivity index (χ0) is 14.1. The highest BCUT2D eigenvalue weighted by Gasteiger charge is 2.24. The second-order valence-corrected chi connectivity index (χ2v) is 5.39. The van der Waals surface area contributed by atoms with Crippen molar-refractivity contribution in [1.29, 1.82) is 0 Å². The van der Waals surface area contributed by atoms with Crippen LogP contribution in [0.5, 0.6) is 5.75 Å². The molecule has 1 heterocycles. The third kappa shape index (κ3) is 2.34. The maximum absolute atomic E-state index is 12.1. The lowest BCUT2D eigenvalue weighted by Crippen LogP contribution is -2.03. The molecule has 2 aromatic rings. The van der Waals surface area contributed by atoms with Crippen LogP contribution in [0.1, 0.15) is 11.1 Å². The first kappa shape index (κ1) is 12.9. The molecule has 3 rings (SSSR count). The van der Waals surface area contributed by atoms with Gasteiger partial charge in [0, 0.05) is 21.3 Å². The molecule has 100 valence electrons. The fourth-order valence-corrected chi connectivity index (χ4v) is 2.62. The van der Waals surface area contributed by atoms with E-state index in [0.29, 0.717) is 5.57 Å². The molecule has 0 fully saturated rings. The van der Waals surface area contributed by atoms with Gasteiger partial charge in [-0.3, -0.25) is 4.79 Å². The standard InChI is InChI=1S/C16H12BrNO2/c1-20-12-5-6-15-13(9-12)14(16(19)18-15)8-10-3-2-4-11(17)7-10/h2-9H,1H3,(H,18,19)/b14-8+. The summed E-state index contributed by atoms with van der Waals surface area (Å²) in [6.07, 6.45) is 1.88. The Morgan fingerprint density at radius 2 is 2.05 bits per heavy atom. The van der Waals surface area contributed by atoms with Crippen molar-refractivity contribution in [2.24, 2.45) is 0 Å². The predicted octanol–water partition coefficient (Wildman–Crippen LogP) is 3.95. The summed E-state index contributed by atoms with van der Waals surface area (Å²) in [4.78, 5) is 12.1. The van der Waals surface area contributed by atoms with Crippen molar-refractivity contribution in [2.75, 3.05) is 12.4 Å². The first-order valence-electron chi connectivity index (χ1n) is 6.14. The van der Waals surface area contributed by atoms with Gasteiger partial charge < -0.3 is 10.1 Å². The zero-order valence-electron chi connectivity index (χ0n) is 10.8. The van der Waals surface area contributed by atoms with Gasteiger partial charge in [-0.2, -0.15) is 0 Å². The van der Waals surface area contributed by atoms with E-state index in [-0.39, 0.29) is 5.91 Å². The largest absolute Gasteiger partial charge is 0.497 e. The lowest BCUT2D eigenvalue weighted by Gasteiger charge is -2.03. The summed E-state index contributed by atoms with van der Waals surface area (Å²) in [6.45, 7) is 0. The van der Waals surface area contributed by atoms with Gasteiger partial charge in [0.15, 0.2) is 0 Å². The van der Waals surface area contributed by atoms with Gasteiger partial charge in [-0.1, -0.05) is 28.1 Å². The molecule has 3 nitrogen and oxygen atoms in total. The Morgan fingerprint density at radius 3 is 2.80 bits per heavy atom. The van der Waals surface area contributed by atoms with Crippen LogP contribution >= 0.6 is 15.9 Å². The maximum Gasteiger partial charge on any atom is 0.256 e. The minimum Gasteiger partial charge on any atom is -0.497 e. The van der Waals surface area contributed by atoms with Gasteiger partial charge in [-0.15, -0.1) is 0 Å². The molecule has 1 aliphatic rings. The lowest BCUT2D eigenvalue weighted by atomic mass is 10.0. The minimum atomic E-state index is -0.0896. The molecule has 1 N–H and O–H groups in total. The molecule has 0 bridgehead atoms. The molecule has 2 aromatic carbocycles. The van der Waals surface area contributed by atoms with Crippen LogP contribution < -0.4 is 10.1 Å². The van der Waals surface area contributed by atoms with Crippen LogP contribution in [-0.4, -0.2) is 13.0 Å². The predicted molar refractivity (Wildman–Crippen MR) is 83.6 cm³/mol. The van der Waals surface area contributed by atoms with E-state index in [2.05, 4.69) is 21.2 Å². The van der Waals surface area contributed by atoms with Crippen molar-refractivity contribution in [3.63, 3.8) is 0 Å². The van der Waals surface area contributed by atoms with Crippen molar-refractivity contribution in [3.8, 4) is 5.75 Å². The van der Waals surface area contributed by atoms with Gasteiger partial charge in [-0.25, -0.2) is 0 Å². The molecule has 1 aliphatic heterocycles. The quantitative estimate of drug-likeness (QED) is 0.847. The second kappa shape index (κ2) is 5.13. The number of hydrogen-bond donors (Lipinski definition) is 1. The van der Waals surface area contributed by atoms with Gasteiger partial charge in [0.25, 0.3) is 5.91 Å². The molecule has 0 spiro atoms. The number of methoxy groups -OCH3 is 1. The van der Waals surface area contributed by atoms with Crippen LogP contribution in [0.2, 0.25) is 0 Å². The van der Waals surface area contributed by atoms with E-state index in [1.165, 1.54) is 0 Å². The van der Waals surface area contributed by atoms with Crippen LogP contribution in [-0.2, 0) is 4.79 Å². The third-order valence-electron chi connectivity index (χ3n) is 3.17. The molecule has 1 amide bonds. The molecule has 0 saturated heterocycles. The van der Waals surface area contributed by atoms with Crippen LogP contribution in [0, 0.1) is 0 Å². The van der Waals surface area contributed by atoms with Gasteiger partial charge in [0.2, 0.25) is 0 Å². The van der Waals surface area contributed by atoms with E-state index < -0.39 is 0 Å². The molecular formula is C16H12BrNO2. The Bertz CT molecular complexity index is 722. The summed E-state index contributed by atoms with van der Waals surface area (Å²) in [6, 6.07) is 13.4. The highest BCUT2D eigenvalue weighted by atomic mass is 79.9. The number of halogens is 1. The normalized spacial score (nSPS) is 15.1. The third-order valence-corrected chi connectivity index (χ3v) is 3.66. The molecule has 0 unspecified atom stereocenters. The molecular weight excluding hydrogens is 318 g/mol. The van der Waals surface area contributed by atoms with Crippen molar-refractivity contribution in [3.05, 3.63) is 58.1 Å². The first-order valence-corrected chi connectivity index (χ1v) is 6.94. The van der Waals surface area contributed by atoms with Gasteiger partial charge >= 0.3 is 0 Å². The van der Waals surface area contributed by atoms with E-state index in [1.54, 1.807) is 7.11 Å². The summed E-state index contributed by atoms with van der Waals surface area (Å²) >= 11 is 3.43. The number of carbonyl (C=O) groups excluding carboxylic acids is 1. The Morgan fingerprint density at radius 1 is 1.20 bits per heavy atom. The van der Waals surface area contributed by atoms with Crippen LogP contribution in [0.15, 0.2) is 46.9 Å². The topological polar surface area (TPSA) is 38.3 Å². The monoisotopic (exact) mass is 329 g/mol. The number of carbonyl (C=O) groups is 1. The van der Waals surface area contributed by atoms with Crippen molar-refractivity contribution in [2.45, 2.75) is 0 Å². The van der Waals surface area contributed by atoms with Gasteiger partial charge in [-0.05, 0) is 42.0 Å². The van der Waals surface area contributed by atoms with Crippen molar-refractivity contribution >= 4 is 39.2 Å². The zero-order valence-corrected chi connectivity index (χ0v) is 12.4. The fourth-order valence-electron chi connectivity index (χ4n) is 2.20. The van der Waals surface area contributed by atoms with Crippen LogP contribution in [0.25, 0.3) is 11.6 Å². The van der Waals surface area contributed by atoms with E-state index in [0.717, 1.165) is 27.0 Å². The number of hydrogen-bond acceptors (Lipinski definition) is 2. The van der Waals surface area contributed by atoms with Crippen molar-refractivity contribution < 1.29 is 9.53 Å². The number of fused-ring (bicyclic) bond motifs is 1. The second-order valence-electron chi connectivity index (χ2n) is 4.48.